The van der Waals surface area contributed by atoms with E-state index in [2.05, 4.69) is 39.5 Å². The first-order valence-electron chi connectivity index (χ1n) is 8.48. The highest BCUT2D eigenvalue weighted by atomic mass is 127. The molecule has 1 atom stereocenters. The lowest BCUT2D eigenvalue weighted by Gasteiger charge is -2.32. The van der Waals surface area contributed by atoms with Gasteiger partial charge in [0.05, 0.1) is 6.26 Å². The van der Waals surface area contributed by atoms with Gasteiger partial charge in [-0.25, -0.2) is 8.42 Å². The van der Waals surface area contributed by atoms with Crippen LogP contribution in [0.2, 0.25) is 0 Å². The van der Waals surface area contributed by atoms with Crippen LogP contribution >= 0.6 is 24.0 Å². The summed E-state index contributed by atoms with van der Waals surface area (Å²) in [7, 11) is -1.35. The van der Waals surface area contributed by atoms with Crippen LogP contribution in [0, 0.1) is 0 Å². The molecule has 1 saturated heterocycles. The maximum absolute atomic E-state index is 11.9. The second-order valence-corrected chi connectivity index (χ2v) is 8.47. The minimum atomic E-state index is -3.13. The molecule has 2 aliphatic heterocycles. The predicted molar refractivity (Wildman–Crippen MR) is 112 cm³/mol. The van der Waals surface area contributed by atoms with Crippen molar-refractivity contribution in [3.05, 3.63) is 35.4 Å². The highest BCUT2D eigenvalue weighted by Gasteiger charge is 2.31. The summed E-state index contributed by atoms with van der Waals surface area (Å²) in [6, 6.07) is 8.53. The lowest BCUT2D eigenvalue weighted by Crippen LogP contribution is -2.48. The van der Waals surface area contributed by atoms with Crippen LogP contribution in [-0.2, 0) is 23.0 Å². The molecule has 1 N–H and O–H groups in total. The molecule has 1 aromatic carbocycles. The number of fused-ring (bicyclic) bond motifs is 1. The highest BCUT2D eigenvalue weighted by Crippen LogP contribution is 2.21. The highest BCUT2D eigenvalue weighted by molar-refractivity contribution is 14.0. The number of nitrogens with zero attached hydrogens (tertiary/aromatic N) is 3. The first-order valence-corrected chi connectivity index (χ1v) is 10.3. The molecule has 2 aliphatic rings. The van der Waals surface area contributed by atoms with E-state index >= 15 is 0 Å². The molecule has 6 nitrogen and oxygen atoms in total. The van der Waals surface area contributed by atoms with Crippen molar-refractivity contribution < 1.29 is 8.42 Å². The molecule has 0 radical (unpaired) electrons. The number of benzene rings is 1. The standard InChI is InChI=1S/C17H26N4O2S.HI/c1-18-17(19-12-16-8-5-10-21(16)24(2,22)23)20-11-9-14-6-3-4-7-15(14)13-20;/h3-4,6-7,16H,5,8-13H2,1-2H3,(H,18,19);1H/t16-;/m1./s1. The van der Waals surface area contributed by atoms with Crippen molar-refractivity contribution >= 4 is 40.0 Å². The third-order valence-electron chi connectivity index (χ3n) is 4.89. The molecule has 0 spiro atoms. The van der Waals surface area contributed by atoms with Crippen molar-refractivity contribution in [1.82, 2.24) is 14.5 Å². The van der Waals surface area contributed by atoms with Crippen molar-refractivity contribution in [3.8, 4) is 0 Å². The van der Waals surface area contributed by atoms with Gasteiger partial charge >= 0.3 is 0 Å². The van der Waals surface area contributed by atoms with E-state index in [1.807, 2.05) is 0 Å². The van der Waals surface area contributed by atoms with Gasteiger partial charge < -0.3 is 10.2 Å². The number of nitrogens with one attached hydrogen (secondary N) is 1. The average molecular weight is 478 g/mol. The molecule has 0 aromatic heterocycles. The van der Waals surface area contributed by atoms with Crippen LogP contribution in [0.25, 0.3) is 0 Å². The zero-order valence-corrected chi connectivity index (χ0v) is 18.0. The van der Waals surface area contributed by atoms with Crippen LogP contribution in [0.1, 0.15) is 24.0 Å². The molecule has 0 saturated carbocycles. The molecule has 0 aliphatic carbocycles. The molecule has 0 amide bonds. The van der Waals surface area contributed by atoms with Gasteiger partial charge in [-0.05, 0) is 30.4 Å². The van der Waals surface area contributed by atoms with Crippen LogP contribution in [0.4, 0.5) is 0 Å². The molecule has 140 valence electrons. The number of aliphatic imine (C=N–C) groups is 1. The van der Waals surface area contributed by atoms with Crippen LogP contribution < -0.4 is 5.32 Å². The van der Waals surface area contributed by atoms with Gasteiger partial charge in [-0.15, -0.1) is 24.0 Å². The summed E-state index contributed by atoms with van der Waals surface area (Å²) >= 11 is 0. The molecule has 0 bridgehead atoms. The number of halogens is 1. The monoisotopic (exact) mass is 478 g/mol. The Labute approximate surface area is 167 Å². The molecular formula is C17H27IN4O2S. The van der Waals surface area contributed by atoms with Gasteiger partial charge in [0, 0.05) is 39.3 Å². The maximum atomic E-state index is 11.9. The molecular weight excluding hydrogens is 451 g/mol. The fourth-order valence-electron chi connectivity index (χ4n) is 3.67. The smallest absolute Gasteiger partial charge is 0.211 e. The largest absolute Gasteiger partial charge is 0.355 e. The summed E-state index contributed by atoms with van der Waals surface area (Å²) < 4.78 is 25.3. The van der Waals surface area contributed by atoms with Crippen LogP contribution in [0.3, 0.4) is 0 Å². The molecule has 3 rings (SSSR count). The first kappa shape index (κ1) is 20.4. The molecule has 2 heterocycles. The molecule has 8 heteroatoms. The summed E-state index contributed by atoms with van der Waals surface area (Å²) in [5, 5.41) is 3.38. The number of hydrogen-bond donors (Lipinski definition) is 1. The van der Waals surface area contributed by atoms with E-state index in [9.17, 15) is 8.42 Å². The van der Waals surface area contributed by atoms with E-state index in [0.717, 1.165) is 38.3 Å². The summed E-state index contributed by atoms with van der Waals surface area (Å²) in [6.07, 6.45) is 4.13. The van der Waals surface area contributed by atoms with Crippen molar-refractivity contribution in [3.63, 3.8) is 0 Å². The number of guanidine groups is 1. The van der Waals surface area contributed by atoms with Gasteiger partial charge in [0.2, 0.25) is 10.0 Å². The van der Waals surface area contributed by atoms with Crippen molar-refractivity contribution in [2.24, 2.45) is 4.99 Å². The summed E-state index contributed by atoms with van der Waals surface area (Å²) in [5.74, 6) is 0.852. The van der Waals surface area contributed by atoms with Crippen LogP contribution in [0.5, 0.6) is 0 Å². The van der Waals surface area contributed by atoms with Gasteiger partial charge in [0.25, 0.3) is 0 Å². The SMILES string of the molecule is CN=C(NC[C@H]1CCCN1S(C)(=O)=O)N1CCc2ccccc2C1.I. The van der Waals surface area contributed by atoms with E-state index in [1.54, 1.807) is 11.4 Å². The van der Waals surface area contributed by atoms with Gasteiger partial charge in [-0.2, -0.15) is 4.31 Å². The molecule has 1 fully saturated rings. The fraction of sp³-hybridized carbons (Fsp3) is 0.588. The van der Waals surface area contributed by atoms with E-state index in [0.29, 0.717) is 13.1 Å². The van der Waals surface area contributed by atoms with Crippen molar-refractivity contribution in [2.75, 3.05) is 32.9 Å². The lowest BCUT2D eigenvalue weighted by molar-refractivity contribution is 0.358. The fourth-order valence-corrected chi connectivity index (χ4v) is 4.85. The topological polar surface area (TPSA) is 65.0 Å². The first-order chi connectivity index (χ1) is 11.5. The second kappa shape index (κ2) is 8.68. The second-order valence-electron chi connectivity index (χ2n) is 6.54. The van der Waals surface area contributed by atoms with Gasteiger partial charge in [0.1, 0.15) is 0 Å². The Morgan fingerprint density at radius 1 is 1.28 bits per heavy atom. The van der Waals surface area contributed by atoms with Crippen LogP contribution in [-0.4, -0.2) is 62.6 Å². The molecule has 0 unspecified atom stereocenters. The summed E-state index contributed by atoms with van der Waals surface area (Å²) in [4.78, 5) is 6.63. The van der Waals surface area contributed by atoms with Gasteiger partial charge in [-0.1, -0.05) is 24.3 Å². The third-order valence-corrected chi connectivity index (χ3v) is 6.22. The summed E-state index contributed by atoms with van der Waals surface area (Å²) in [6.45, 7) is 3.01. The molecule has 25 heavy (non-hydrogen) atoms. The number of hydrogen-bond acceptors (Lipinski definition) is 3. The Hall–Kier alpha value is -0.870. The predicted octanol–water partition coefficient (Wildman–Crippen LogP) is 1.66. The van der Waals surface area contributed by atoms with E-state index in [4.69, 9.17) is 0 Å². The normalized spacial score (nSPS) is 21.6. The zero-order valence-electron chi connectivity index (χ0n) is 14.8. The Morgan fingerprint density at radius 2 is 2.00 bits per heavy atom. The Kier molecular flexibility index (Phi) is 7.10. The minimum absolute atomic E-state index is 0. The zero-order chi connectivity index (χ0) is 17.2. The molecule has 1 aromatic rings. The third kappa shape index (κ3) is 4.85. The number of sulfonamides is 1. The van der Waals surface area contributed by atoms with Gasteiger partial charge in [0.15, 0.2) is 5.96 Å². The summed E-state index contributed by atoms with van der Waals surface area (Å²) in [5.41, 5.74) is 2.74. The van der Waals surface area contributed by atoms with E-state index in [-0.39, 0.29) is 30.0 Å². The van der Waals surface area contributed by atoms with E-state index in [1.165, 1.54) is 17.4 Å². The van der Waals surface area contributed by atoms with Crippen LogP contribution in [0.15, 0.2) is 29.3 Å². The van der Waals surface area contributed by atoms with Crippen molar-refractivity contribution in [1.29, 1.82) is 0 Å². The Balaban J connectivity index is 0.00000225. The average Bonchev–Trinajstić information content (AvgIpc) is 3.04. The number of rotatable bonds is 3. The Morgan fingerprint density at radius 3 is 2.68 bits per heavy atom. The maximum Gasteiger partial charge on any atom is 0.211 e. The van der Waals surface area contributed by atoms with E-state index < -0.39 is 10.0 Å². The van der Waals surface area contributed by atoms with Crippen molar-refractivity contribution in [2.45, 2.75) is 31.8 Å². The quantitative estimate of drug-likeness (QED) is 0.408. The minimum Gasteiger partial charge on any atom is -0.355 e. The Bertz CT molecular complexity index is 723. The lowest BCUT2D eigenvalue weighted by atomic mass is 10.0. The van der Waals surface area contributed by atoms with Gasteiger partial charge in [-0.3, -0.25) is 4.99 Å².